The minimum absolute atomic E-state index is 0.0558. The third-order valence-corrected chi connectivity index (χ3v) is 3.88. The summed E-state index contributed by atoms with van der Waals surface area (Å²) in [6.07, 6.45) is 9.59. The van der Waals surface area contributed by atoms with Gasteiger partial charge in [0.1, 0.15) is 6.04 Å². The van der Waals surface area contributed by atoms with Gasteiger partial charge >= 0.3 is 5.97 Å². The van der Waals surface area contributed by atoms with Crippen molar-refractivity contribution < 1.29 is 14.3 Å². The largest absolute Gasteiger partial charge is 0.467 e. The Hall–Kier alpha value is -1.32. The molecule has 1 amide bonds. The maximum atomic E-state index is 12.5. The van der Waals surface area contributed by atoms with Crippen molar-refractivity contribution in [3.8, 4) is 0 Å². The molecule has 1 unspecified atom stereocenters. The van der Waals surface area contributed by atoms with Crippen LogP contribution in [0.4, 0.5) is 0 Å². The molecule has 0 aromatic rings. The molecule has 1 heterocycles. The Morgan fingerprint density at radius 3 is 2.72 bits per heavy atom. The molecule has 1 fully saturated rings. The molecule has 2 atom stereocenters. The second-order valence-corrected chi connectivity index (χ2v) is 5.05. The van der Waals surface area contributed by atoms with Gasteiger partial charge < -0.3 is 9.64 Å². The third-order valence-electron chi connectivity index (χ3n) is 3.88. The average Bonchev–Trinajstić information content (AvgIpc) is 2.46. The molecule has 0 aromatic carbocycles. The number of nitrogens with zero attached hydrogens (tertiary/aromatic N) is 1. The van der Waals surface area contributed by atoms with Gasteiger partial charge in [-0.05, 0) is 38.5 Å². The van der Waals surface area contributed by atoms with E-state index in [-0.39, 0.29) is 23.8 Å². The molecule has 2 rings (SSSR count). The number of hydrogen-bond donors (Lipinski definition) is 0. The fraction of sp³-hybridized carbons (Fsp3) is 0.714. The molecule has 4 nitrogen and oxygen atoms in total. The summed E-state index contributed by atoms with van der Waals surface area (Å²) < 4.78 is 4.81. The summed E-state index contributed by atoms with van der Waals surface area (Å²) in [4.78, 5) is 26.0. The molecule has 1 saturated heterocycles. The van der Waals surface area contributed by atoms with E-state index in [1.165, 1.54) is 7.11 Å². The molecule has 0 spiro atoms. The van der Waals surface area contributed by atoms with Crippen LogP contribution in [-0.2, 0) is 14.3 Å². The van der Waals surface area contributed by atoms with Crippen molar-refractivity contribution in [1.29, 1.82) is 0 Å². The number of amides is 1. The summed E-state index contributed by atoms with van der Waals surface area (Å²) in [6, 6.07) is -0.359. The first-order valence-electron chi connectivity index (χ1n) is 6.77. The van der Waals surface area contributed by atoms with E-state index in [4.69, 9.17) is 4.74 Å². The van der Waals surface area contributed by atoms with Gasteiger partial charge in [-0.1, -0.05) is 12.2 Å². The molecule has 0 saturated carbocycles. The lowest BCUT2D eigenvalue weighted by Crippen LogP contribution is -2.50. The zero-order valence-corrected chi connectivity index (χ0v) is 10.9. The number of likely N-dealkylation sites (tertiary alicyclic amines) is 1. The lowest BCUT2D eigenvalue weighted by atomic mass is 9.91. The van der Waals surface area contributed by atoms with Crippen molar-refractivity contribution in [2.75, 3.05) is 13.7 Å². The SMILES string of the molecule is COC(=O)[C@H]1CCCCN1C(=O)C1CC=CCC1. The molecular weight excluding hydrogens is 230 g/mol. The Morgan fingerprint density at radius 2 is 2.06 bits per heavy atom. The van der Waals surface area contributed by atoms with E-state index in [1.54, 1.807) is 4.90 Å². The van der Waals surface area contributed by atoms with E-state index in [0.29, 0.717) is 6.54 Å². The molecule has 0 radical (unpaired) electrons. The normalized spacial score (nSPS) is 27.9. The minimum Gasteiger partial charge on any atom is -0.467 e. The Morgan fingerprint density at radius 1 is 1.22 bits per heavy atom. The second-order valence-electron chi connectivity index (χ2n) is 5.05. The van der Waals surface area contributed by atoms with Gasteiger partial charge in [0.25, 0.3) is 0 Å². The number of piperidine rings is 1. The number of rotatable bonds is 2. The molecule has 1 aliphatic heterocycles. The van der Waals surface area contributed by atoms with Crippen molar-refractivity contribution in [3.05, 3.63) is 12.2 Å². The van der Waals surface area contributed by atoms with Gasteiger partial charge in [-0.25, -0.2) is 4.79 Å². The van der Waals surface area contributed by atoms with E-state index in [1.807, 2.05) is 0 Å². The molecule has 100 valence electrons. The van der Waals surface area contributed by atoms with Crippen molar-refractivity contribution in [2.24, 2.45) is 5.92 Å². The smallest absolute Gasteiger partial charge is 0.328 e. The third kappa shape index (κ3) is 2.74. The van der Waals surface area contributed by atoms with E-state index >= 15 is 0 Å². The standard InChI is InChI=1S/C14H21NO3/c1-18-14(17)12-9-5-6-10-15(12)13(16)11-7-3-2-4-8-11/h2-3,11-12H,4-10H2,1H3/t11?,12-/m1/s1. The van der Waals surface area contributed by atoms with Gasteiger partial charge in [-0.3, -0.25) is 4.79 Å². The van der Waals surface area contributed by atoms with Gasteiger partial charge in [-0.15, -0.1) is 0 Å². The number of methoxy groups -OCH3 is 1. The van der Waals surface area contributed by atoms with E-state index in [0.717, 1.165) is 38.5 Å². The van der Waals surface area contributed by atoms with Crippen LogP contribution in [0.2, 0.25) is 0 Å². The number of carbonyl (C=O) groups is 2. The van der Waals surface area contributed by atoms with E-state index in [9.17, 15) is 9.59 Å². The first kappa shape index (κ1) is 13.1. The van der Waals surface area contributed by atoms with Gasteiger partial charge in [0.05, 0.1) is 7.11 Å². The molecule has 0 bridgehead atoms. The predicted molar refractivity (Wildman–Crippen MR) is 67.8 cm³/mol. The van der Waals surface area contributed by atoms with Gasteiger partial charge in [-0.2, -0.15) is 0 Å². The summed E-state index contributed by atoms with van der Waals surface area (Å²) >= 11 is 0. The van der Waals surface area contributed by atoms with Crippen molar-refractivity contribution in [1.82, 2.24) is 4.90 Å². The first-order valence-corrected chi connectivity index (χ1v) is 6.77. The fourth-order valence-corrected chi connectivity index (χ4v) is 2.83. The average molecular weight is 251 g/mol. The molecule has 4 heteroatoms. The first-order chi connectivity index (χ1) is 8.74. The lowest BCUT2D eigenvalue weighted by molar-refractivity contribution is -0.156. The van der Waals surface area contributed by atoms with Gasteiger partial charge in [0.2, 0.25) is 5.91 Å². The molecule has 1 aliphatic carbocycles. The molecule has 2 aliphatic rings. The summed E-state index contributed by atoms with van der Waals surface area (Å²) in [7, 11) is 1.39. The molecular formula is C14H21NO3. The van der Waals surface area contributed by atoms with Crippen LogP contribution in [-0.4, -0.2) is 36.5 Å². The maximum absolute atomic E-state index is 12.5. The van der Waals surface area contributed by atoms with Crippen molar-refractivity contribution in [3.63, 3.8) is 0 Å². The van der Waals surface area contributed by atoms with Crippen LogP contribution in [0.15, 0.2) is 12.2 Å². The number of hydrogen-bond acceptors (Lipinski definition) is 3. The van der Waals surface area contributed by atoms with Crippen LogP contribution in [0.25, 0.3) is 0 Å². The highest BCUT2D eigenvalue weighted by Crippen LogP contribution is 2.25. The molecule has 0 aromatic heterocycles. The number of esters is 1. The topological polar surface area (TPSA) is 46.6 Å². The second kappa shape index (κ2) is 6.03. The Kier molecular flexibility index (Phi) is 4.39. The monoisotopic (exact) mass is 251 g/mol. The maximum Gasteiger partial charge on any atom is 0.328 e. The molecule has 18 heavy (non-hydrogen) atoms. The zero-order valence-electron chi connectivity index (χ0n) is 10.9. The van der Waals surface area contributed by atoms with E-state index in [2.05, 4.69) is 12.2 Å². The van der Waals surface area contributed by atoms with Crippen LogP contribution in [0, 0.1) is 5.92 Å². The van der Waals surface area contributed by atoms with E-state index < -0.39 is 0 Å². The zero-order chi connectivity index (χ0) is 13.0. The summed E-state index contributed by atoms with van der Waals surface area (Å²) in [5.74, 6) is -0.0795. The van der Waals surface area contributed by atoms with Crippen LogP contribution in [0.1, 0.15) is 38.5 Å². The Bertz CT molecular complexity index is 351. The highest BCUT2D eigenvalue weighted by Gasteiger charge is 2.35. The summed E-state index contributed by atoms with van der Waals surface area (Å²) in [6.45, 7) is 0.693. The fourth-order valence-electron chi connectivity index (χ4n) is 2.83. The van der Waals surface area contributed by atoms with Crippen LogP contribution < -0.4 is 0 Å². The van der Waals surface area contributed by atoms with Gasteiger partial charge in [0.15, 0.2) is 0 Å². The minimum atomic E-state index is -0.359. The number of carbonyl (C=O) groups excluding carboxylic acids is 2. The quantitative estimate of drug-likeness (QED) is 0.556. The van der Waals surface area contributed by atoms with Crippen LogP contribution in [0.3, 0.4) is 0 Å². The number of ether oxygens (including phenoxy) is 1. The highest BCUT2D eigenvalue weighted by molar-refractivity contribution is 5.86. The van der Waals surface area contributed by atoms with Crippen LogP contribution >= 0.6 is 0 Å². The summed E-state index contributed by atoms with van der Waals surface area (Å²) in [5.41, 5.74) is 0. The lowest BCUT2D eigenvalue weighted by Gasteiger charge is -2.36. The predicted octanol–water partition coefficient (Wildman–Crippen LogP) is 1.90. The van der Waals surface area contributed by atoms with Crippen LogP contribution in [0.5, 0.6) is 0 Å². The highest BCUT2D eigenvalue weighted by atomic mass is 16.5. The Balaban J connectivity index is 2.05. The summed E-state index contributed by atoms with van der Waals surface area (Å²) in [5, 5.41) is 0. The molecule has 0 N–H and O–H groups in total. The van der Waals surface area contributed by atoms with Crippen molar-refractivity contribution in [2.45, 2.75) is 44.6 Å². The Labute approximate surface area is 108 Å². The van der Waals surface area contributed by atoms with Crippen molar-refractivity contribution >= 4 is 11.9 Å². The number of allylic oxidation sites excluding steroid dienone is 2. The van der Waals surface area contributed by atoms with Gasteiger partial charge in [0, 0.05) is 12.5 Å².